The third-order valence-corrected chi connectivity index (χ3v) is 4.83. The van der Waals surface area contributed by atoms with E-state index in [1.165, 1.54) is 5.56 Å². The van der Waals surface area contributed by atoms with Crippen molar-refractivity contribution in [3.63, 3.8) is 0 Å². The predicted molar refractivity (Wildman–Crippen MR) is 96.2 cm³/mol. The van der Waals surface area contributed by atoms with Gasteiger partial charge in [-0.25, -0.2) is 0 Å². The molecule has 0 bridgehead atoms. The van der Waals surface area contributed by atoms with Gasteiger partial charge in [-0.15, -0.1) is 12.4 Å². The molecule has 1 fully saturated rings. The standard InChI is InChI=1S/C18H28N2O2.ClH/c1-13(14-5-7-15(22-4)8-6-14)11-17(21)20-10-9-16(19)18(2,3)12-20;/h5-8,13,16H,9-12,19H2,1-4H3;1H. The van der Waals surface area contributed by atoms with Gasteiger partial charge < -0.3 is 15.4 Å². The van der Waals surface area contributed by atoms with Crippen molar-refractivity contribution in [2.45, 2.75) is 45.6 Å². The van der Waals surface area contributed by atoms with Crippen LogP contribution in [-0.2, 0) is 4.79 Å². The minimum absolute atomic E-state index is 0. The third kappa shape index (κ3) is 4.85. The van der Waals surface area contributed by atoms with Gasteiger partial charge >= 0.3 is 0 Å². The van der Waals surface area contributed by atoms with Gasteiger partial charge in [0.1, 0.15) is 5.75 Å². The van der Waals surface area contributed by atoms with Crippen molar-refractivity contribution in [3.8, 4) is 5.75 Å². The quantitative estimate of drug-likeness (QED) is 0.915. The molecule has 0 saturated carbocycles. The number of piperidine rings is 1. The molecule has 1 aliphatic rings. The topological polar surface area (TPSA) is 55.6 Å². The summed E-state index contributed by atoms with van der Waals surface area (Å²) in [5, 5.41) is 0. The van der Waals surface area contributed by atoms with Crippen molar-refractivity contribution in [3.05, 3.63) is 29.8 Å². The molecule has 2 N–H and O–H groups in total. The molecule has 1 heterocycles. The van der Waals surface area contributed by atoms with Gasteiger partial charge in [0.05, 0.1) is 7.11 Å². The fraction of sp³-hybridized carbons (Fsp3) is 0.611. The van der Waals surface area contributed by atoms with Gasteiger partial charge in [-0.05, 0) is 35.4 Å². The Bertz CT molecular complexity index is 516. The summed E-state index contributed by atoms with van der Waals surface area (Å²) in [7, 11) is 1.66. The van der Waals surface area contributed by atoms with E-state index < -0.39 is 0 Å². The molecule has 5 heteroatoms. The van der Waals surface area contributed by atoms with Crippen molar-refractivity contribution in [2.75, 3.05) is 20.2 Å². The summed E-state index contributed by atoms with van der Waals surface area (Å²) in [6.07, 6.45) is 1.42. The first-order valence-electron chi connectivity index (χ1n) is 8.01. The van der Waals surface area contributed by atoms with E-state index in [0.717, 1.165) is 25.3 Å². The maximum absolute atomic E-state index is 12.6. The van der Waals surface area contributed by atoms with Gasteiger partial charge in [0.25, 0.3) is 0 Å². The smallest absolute Gasteiger partial charge is 0.223 e. The van der Waals surface area contributed by atoms with Crippen LogP contribution >= 0.6 is 12.4 Å². The first kappa shape index (κ1) is 19.8. The van der Waals surface area contributed by atoms with E-state index in [9.17, 15) is 4.79 Å². The van der Waals surface area contributed by atoms with Crippen molar-refractivity contribution in [1.82, 2.24) is 4.90 Å². The Balaban J connectivity index is 0.00000264. The van der Waals surface area contributed by atoms with Gasteiger partial charge in [-0.2, -0.15) is 0 Å². The van der Waals surface area contributed by atoms with E-state index in [2.05, 4.69) is 20.8 Å². The lowest BCUT2D eigenvalue weighted by molar-refractivity contribution is -0.135. The summed E-state index contributed by atoms with van der Waals surface area (Å²) in [5.74, 6) is 1.27. The average Bonchev–Trinajstić information content (AvgIpc) is 2.49. The van der Waals surface area contributed by atoms with E-state index in [1.807, 2.05) is 29.2 Å². The molecule has 130 valence electrons. The van der Waals surface area contributed by atoms with Crippen LogP contribution in [0.15, 0.2) is 24.3 Å². The molecule has 0 aromatic heterocycles. The highest BCUT2D eigenvalue weighted by molar-refractivity contribution is 5.85. The zero-order valence-electron chi connectivity index (χ0n) is 14.5. The van der Waals surface area contributed by atoms with E-state index in [0.29, 0.717) is 6.42 Å². The second-order valence-electron chi connectivity index (χ2n) is 7.08. The number of carbonyl (C=O) groups excluding carboxylic acids is 1. The Labute approximate surface area is 145 Å². The highest BCUT2D eigenvalue weighted by atomic mass is 35.5. The lowest BCUT2D eigenvalue weighted by atomic mass is 9.79. The Morgan fingerprint density at radius 2 is 2.00 bits per heavy atom. The molecule has 2 atom stereocenters. The van der Waals surface area contributed by atoms with Gasteiger partial charge in [0.2, 0.25) is 5.91 Å². The Kier molecular flexibility index (Phi) is 6.90. The van der Waals surface area contributed by atoms with Crippen LogP contribution in [0.5, 0.6) is 5.75 Å². The van der Waals surface area contributed by atoms with Gasteiger partial charge in [0.15, 0.2) is 0 Å². The lowest BCUT2D eigenvalue weighted by Crippen LogP contribution is -2.54. The Hall–Kier alpha value is -1.26. The number of rotatable bonds is 4. The molecule has 1 aromatic rings. The molecule has 0 radical (unpaired) electrons. The van der Waals surface area contributed by atoms with Crippen molar-refractivity contribution in [2.24, 2.45) is 11.1 Å². The van der Waals surface area contributed by atoms with Crippen molar-refractivity contribution >= 4 is 18.3 Å². The number of ether oxygens (including phenoxy) is 1. The molecule has 0 spiro atoms. The van der Waals surface area contributed by atoms with Crippen molar-refractivity contribution in [1.29, 1.82) is 0 Å². The fourth-order valence-electron chi connectivity index (χ4n) is 3.03. The molecule has 2 unspecified atom stereocenters. The number of carbonyl (C=O) groups is 1. The molecule has 1 saturated heterocycles. The molecule has 4 nitrogen and oxygen atoms in total. The second-order valence-corrected chi connectivity index (χ2v) is 7.08. The van der Waals surface area contributed by atoms with Crippen LogP contribution in [0.2, 0.25) is 0 Å². The second kappa shape index (κ2) is 8.02. The van der Waals surface area contributed by atoms with Gasteiger partial charge in [-0.3, -0.25) is 4.79 Å². The number of hydrogen-bond acceptors (Lipinski definition) is 3. The fourth-order valence-corrected chi connectivity index (χ4v) is 3.03. The van der Waals surface area contributed by atoms with Crippen LogP contribution in [0.4, 0.5) is 0 Å². The monoisotopic (exact) mass is 340 g/mol. The molecule has 1 aromatic carbocycles. The number of likely N-dealkylation sites (tertiary alicyclic amines) is 1. The molecule has 1 aliphatic heterocycles. The Morgan fingerprint density at radius 1 is 1.39 bits per heavy atom. The molecule has 1 amide bonds. The number of nitrogens with zero attached hydrogens (tertiary/aromatic N) is 1. The lowest BCUT2D eigenvalue weighted by Gasteiger charge is -2.42. The zero-order valence-corrected chi connectivity index (χ0v) is 15.4. The molecular formula is C18H29ClN2O2. The average molecular weight is 341 g/mol. The van der Waals surface area contributed by atoms with Crippen LogP contribution in [0, 0.1) is 5.41 Å². The van der Waals surface area contributed by atoms with Gasteiger partial charge in [-0.1, -0.05) is 32.9 Å². The zero-order chi connectivity index (χ0) is 16.3. The van der Waals surface area contributed by atoms with Crippen LogP contribution in [0.1, 0.15) is 45.1 Å². The Morgan fingerprint density at radius 3 is 2.52 bits per heavy atom. The van der Waals surface area contributed by atoms with E-state index >= 15 is 0 Å². The molecule has 23 heavy (non-hydrogen) atoms. The number of nitrogens with two attached hydrogens (primary N) is 1. The van der Waals surface area contributed by atoms with E-state index in [1.54, 1.807) is 7.11 Å². The molecule has 2 rings (SSSR count). The minimum Gasteiger partial charge on any atom is -0.497 e. The highest BCUT2D eigenvalue weighted by Gasteiger charge is 2.35. The van der Waals surface area contributed by atoms with Gasteiger partial charge in [0, 0.05) is 25.6 Å². The summed E-state index contributed by atoms with van der Waals surface area (Å²) < 4.78 is 5.17. The SMILES string of the molecule is COc1ccc(C(C)CC(=O)N2CCC(N)C(C)(C)C2)cc1.Cl. The number of halogens is 1. The molecular weight excluding hydrogens is 312 g/mol. The largest absolute Gasteiger partial charge is 0.497 e. The summed E-state index contributed by atoms with van der Waals surface area (Å²) >= 11 is 0. The first-order valence-corrected chi connectivity index (χ1v) is 8.01. The van der Waals surface area contributed by atoms with Crippen LogP contribution in [0.25, 0.3) is 0 Å². The number of amides is 1. The summed E-state index contributed by atoms with van der Waals surface area (Å²) in [6, 6.07) is 8.13. The number of benzene rings is 1. The minimum atomic E-state index is -0.00272. The summed E-state index contributed by atoms with van der Waals surface area (Å²) in [4.78, 5) is 14.5. The maximum atomic E-state index is 12.6. The third-order valence-electron chi connectivity index (χ3n) is 4.83. The van der Waals surface area contributed by atoms with E-state index in [4.69, 9.17) is 10.5 Å². The maximum Gasteiger partial charge on any atom is 0.223 e. The van der Waals surface area contributed by atoms with Crippen molar-refractivity contribution < 1.29 is 9.53 Å². The van der Waals surface area contributed by atoms with Crippen LogP contribution in [0.3, 0.4) is 0 Å². The summed E-state index contributed by atoms with van der Waals surface area (Å²) in [5.41, 5.74) is 7.31. The molecule has 0 aliphatic carbocycles. The summed E-state index contributed by atoms with van der Waals surface area (Å²) in [6.45, 7) is 7.91. The predicted octanol–water partition coefficient (Wildman–Crippen LogP) is 3.20. The van der Waals surface area contributed by atoms with Crippen LogP contribution < -0.4 is 10.5 Å². The normalized spacial score (nSPS) is 21.3. The van der Waals surface area contributed by atoms with E-state index in [-0.39, 0.29) is 35.7 Å². The first-order chi connectivity index (χ1) is 10.3. The number of methoxy groups -OCH3 is 1. The number of hydrogen-bond donors (Lipinski definition) is 1. The highest BCUT2D eigenvalue weighted by Crippen LogP contribution is 2.29. The van der Waals surface area contributed by atoms with Crippen LogP contribution in [-0.4, -0.2) is 37.0 Å².